The molecule has 0 aromatic heterocycles. The van der Waals surface area contributed by atoms with Crippen LogP contribution in [-0.2, 0) is 0 Å². The van der Waals surface area contributed by atoms with E-state index in [1.54, 1.807) is 0 Å². The summed E-state index contributed by atoms with van der Waals surface area (Å²) in [7, 11) is 0. The van der Waals surface area contributed by atoms with Crippen molar-refractivity contribution in [2.45, 2.75) is 44.4 Å². The van der Waals surface area contributed by atoms with Gasteiger partial charge in [-0.1, -0.05) is 13.8 Å². The quantitative estimate of drug-likeness (QED) is 0.778. The molecule has 0 saturated heterocycles. The van der Waals surface area contributed by atoms with Crippen molar-refractivity contribution in [2.75, 3.05) is 6.26 Å². The first-order chi connectivity index (χ1) is 7.04. The van der Waals surface area contributed by atoms with Crippen LogP contribution in [-0.4, -0.2) is 23.6 Å². The number of urea groups is 1. The Labute approximate surface area is 96.6 Å². The van der Waals surface area contributed by atoms with Gasteiger partial charge in [-0.15, -0.1) is 0 Å². The molecule has 4 unspecified atom stereocenters. The van der Waals surface area contributed by atoms with Crippen LogP contribution in [0.5, 0.6) is 0 Å². The number of nitrogens with one attached hydrogen (secondary N) is 1. The topological polar surface area (TPSA) is 55.1 Å². The zero-order valence-corrected chi connectivity index (χ0v) is 10.6. The van der Waals surface area contributed by atoms with Crippen LogP contribution in [0.25, 0.3) is 0 Å². The van der Waals surface area contributed by atoms with Crippen molar-refractivity contribution in [1.29, 1.82) is 0 Å². The molecule has 0 radical (unpaired) electrons. The Hall–Kier alpha value is -0.380. The van der Waals surface area contributed by atoms with Gasteiger partial charge in [0.15, 0.2) is 0 Å². The number of nitrogens with two attached hydrogens (primary N) is 1. The van der Waals surface area contributed by atoms with Gasteiger partial charge in [0, 0.05) is 11.3 Å². The highest BCUT2D eigenvalue weighted by Gasteiger charge is 2.31. The summed E-state index contributed by atoms with van der Waals surface area (Å²) in [6.45, 7) is 4.60. The lowest BCUT2D eigenvalue weighted by molar-refractivity contribution is 0.244. The fraction of sp³-hybridized carbons (Fsp3) is 0.909. The van der Waals surface area contributed by atoms with E-state index in [1.807, 2.05) is 11.8 Å². The summed E-state index contributed by atoms with van der Waals surface area (Å²) in [6.07, 6.45) is 5.56. The zero-order chi connectivity index (χ0) is 11.4. The van der Waals surface area contributed by atoms with Crippen LogP contribution < -0.4 is 11.1 Å². The molecule has 3 nitrogen and oxygen atoms in total. The van der Waals surface area contributed by atoms with E-state index in [0.717, 1.165) is 24.7 Å². The van der Waals surface area contributed by atoms with Gasteiger partial charge in [0.1, 0.15) is 0 Å². The molecule has 2 amide bonds. The lowest BCUT2D eigenvalue weighted by Gasteiger charge is -2.24. The Morgan fingerprint density at radius 1 is 1.47 bits per heavy atom. The van der Waals surface area contributed by atoms with Crippen LogP contribution in [0.2, 0.25) is 0 Å². The molecule has 88 valence electrons. The molecular weight excluding hydrogens is 208 g/mol. The molecule has 1 rings (SSSR count). The second-order valence-corrected chi connectivity index (χ2v) is 5.79. The molecule has 1 fully saturated rings. The number of thioether (sulfide) groups is 1. The second kappa shape index (κ2) is 5.64. The van der Waals surface area contributed by atoms with Gasteiger partial charge in [0.25, 0.3) is 0 Å². The van der Waals surface area contributed by atoms with E-state index in [4.69, 9.17) is 5.73 Å². The van der Waals surface area contributed by atoms with Crippen molar-refractivity contribution in [3.05, 3.63) is 0 Å². The molecule has 1 aliphatic carbocycles. The van der Waals surface area contributed by atoms with Gasteiger partial charge >= 0.3 is 6.03 Å². The summed E-state index contributed by atoms with van der Waals surface area (Å²) in [6, 6.07) is -0.0739. The van der Waals surface area contributed by atoms with Gasteiger partial charge in [-0.25, -0.2) is 4.79 Å². The summed E-state index contributed by atoms with van der Waals surface area (Å²) < 4.78 is 0. The summed E-state index contributed by atoms with van der Waals surface area (Å²) >= 11 is 1.92. The van der Waals surface area contributed by atoms with E-state index in [9.17, 15) is 4.79 Å². The summed E-state index contributed by atoms with van der Waals surface area (Å²) in [5.41, 5.74) is 5.13. The zero-order valence-electron chi connectivity index (χ0n) is 9.82. The van der Waals surface area contributed by atoms with E-state index >= 15 is 0 Å². The van der Waals surface area contributed by atoms with Crippen molar-refractivity contribution in [1.82, 2.24) is 5.32 Å². The monoisotopic (exact) mass is 230 g/mol. The Bertz CT molecular complexity index is 223. The minimum atomic E-state index is -0.383. The SMILES string of the molecule is CSC(C)C(C)C1CCC(NC(N)=O)C1. The highest BCUT2D eigenvalue weighted by Crippen LogP contribution is 2.35. The normalized spacial score (nSPS) is 29.8. The van der Waals surface area contributed by atoms with E-state index in [2.05, 4.69) is 25.4 Å². The third-order valence-corrected chi connectivity index (χ3v) is 4.85. The molecule has 0 heterocycles. The molecule has 4 heteroatoms. The van der Waals surface area contributed by atoms with E-state index in [-0.39, 0.29) is 6.03 Å². The second-order valence-electron chi connectivity index (χ2n) is 4.58. The fourth-order valence-corrected chi connectivity index (χ4v) is 3.08. The lowest BCUT2D eigenvalue weighted by atomic mass is 9.90. The maximum absolute atomic E-state index is 10.7. The molecule has 0 aromatic carbocycles. The van der Waals surface area contributed by atoms with Crippen molar-refractivity contribution in [3.8, 4) is 0 Å². The smallest absolute Gasteiger partial charge is 0.312 e. The first-order valence-electron chi connectivity index (χ1n) is 5.63. The molecule has 15 heavy (non-hydrogen) atoms. The largest absolute Gasteiger partial charge is 0.352 e. The number of carbonyl (C=O) groups excluding carboxylic acids is 1. The fourth-order valence-electron chi connectivity index (χ4n) is 2.42. The molecule has 1 aliphatic rings. The summed E-state index contributed by atoms with van der Waals surface area (Å²) in [5.74, 6) is 1.46. The lowest BCUT2D eigenvalue weighted by Crippen LogP contribution is -2.37. The van der Waals surface area contributed by atoms with Gasteiger partial charge in [-0.2, -0.15) is 11.8 Å². The Kier molecular flexibility index (Phi) is 4.77. The molecule has 0 aliphatic heterocycles. The minimum absolute atomic E-state index is 0.309. The highest BCUT2D eigenvalue weighted by molar-refractivity contribution is 7.99. The van der Waals surface area contributed by atoms with Gasteiger partial charge in [0.2, 0.25) is 0 Å². The number of rotatable bonds is 4. The molecule has 0 aromatic rings. The van der Waals surface area contributed by atoms with Crippen LogP contribution in [0.1, 0.15) is 33.1 Å². The van der Waals surface area contributed by atoms with Crippen molar-refractivity contribution in [3.63, 3.8) is 0 Å². The Morgan fingerprint density at radius 3 is 2.67 bits per heavy atom. The third-order valence-electron chi connectivity index (χ3n) is 3.68. The van der Waals surface area contributed by atoms with Gasteiger partial charge in [-0.05, 0) is 37.4 Å². The molecule has 0 spiro atoms. The maximum Gasteiger partial charge on any atom is 0.312 e. The van der Waals surface area contributed by atoms with Crippen molar-refractivity contribution in [2.24, 2.45) is 17.6 Å². The maximum atomic E-state index is 10.7. The summed E-state index contributed by atoms with van der Waals surface area (Å²) in [5, 5.41) is 3.51. The molecule has 0 bridgehead atoms. The molecular formula is C11H22N2OS. The number of primary amides is 1. The number of hydrogen-bond acceptors (Lipinski definition) is 2. The number of hydrogen-bond donors (Lipinski definition) is 2. The van der Waals surface area contributed by atoms with E-state index in [0.29, 0.717) is 11.3 Å². The average molecular weight is 230 g/mol. The summed E-state index contributed by atoms with van der Waals surface area (Å²) in [4.78, 5) is 10.7. The van der Waals surface area contributed by atoms with Gasteiger partial charge in [-0.3, -0.25) is 0 Å². The molecule has 1 saturated carbocycles. The standard InChI is InChI=1S/C11H22N2OS/c1-7(8(2)15-3)9-4-5-10(6-9)13-11(12)14/h7-10H,4-6H2,1-3H3,(H3,12,13,14). The number of carbonyl (C=O) groups is 1. The van der Waals surface area contributed by atoms with E-state index < -0.39 is 0 Å². The number of amides is 2. The first kappa shape index (κ1) is 12.7. The predicted molar refractivity (Wildman–Crippen MR) is 66.0 cm³/mol. The Balaban J connectivity index is 2.38. The predicted octanol–water partition coefficient (Wildman–Crippen LogP) is 2.21. The van der Waals surface area contributed by atoms with Crippen LogP contribution in [0.4, 0.5) is 4.79 Å². The van der Waals surface area contributed by atoms with Crippen molar-refractivity contribution < 1.29 is 4.79 Å². The molecule has 3 N–H and O–H groups in total. The van der Waals surface area contributed by atoms with Gasteiger partial charge < -0.3 is 11.1 Å². The average Bonchev–Trinajstić information content (AvgIpc) is 2.63. The Morgan fingerprint density at radius 2 is 2.13 bits per heavy atom. The highest BCUT2D eigenvalue weighted by atomic mass is 32.2. The molecule has 4 atom stereocenters. The minimum Gasteiger partial charge on any atom is -0.352 e. The van der Waals surface area contributed by atoms with Gasteiger partial charge in [0.05, 0.1) is 0 Å². The van der Waals surface area contributed by atoms with Crippen molar-refractivity contribution >= 4 is 17.8 Å². The third kappa shape index (κ3) is 3.59. The first-order valence-corrected chi connectivity index (χ1v) is 6.92. The van der Waals surface area contributed by atoms with Crippen LogP contribution in [0.15, 0.2) is 0 Å². The van der Waals surface area contributed by atoms with Crippen LogP contribution >= 0.6 is 11.8 Å². The van der Waals surface area contributed by atoms with E-state index in [1.165, 1.54) is 6.42 Å². The van der Waals surface area contributed by atoms with Crippen LogP contribution in [0, 0.1) is 11.8 Å². The van der Waals surface area contributed by atoms with Crippen LogP contribution in [0.3, 0.4) is 0 Å².